The Hall–Kier alpha value is -3.91. The molecule has 2 aromatic carbocycles. The summed E-state index contributed by atoms with van der Waals surface area (Å²) >= 11 is 1.60. The van der Waals surface area contributed by atoms with Gasteiger partial charge in [0.15, 0.2) is 0 Å². The Balaban J connectivity index is 1.45. The molecule has 0 aliphatic carbocycles. The number of hydrogen-bond acceptors (Lipinski definition) is 6. The van der Waals surface area contributed by atoms with Gasteiger partial charge in [-0.1, -0.05) is 61.9 Å². The molecule has 0 unspecified atom stereocenters. The molecule has 7 nitrogen and oxygen atoms in total. The highest BCUT2D eigenvalue weighted by Crippen LogP contribution is 2.30. The van der Waals surface area contributed by atoms with Gasteiger partial charge >= 0.3 is 0 Å². The van der Waals surface area contributed by atoms with E-state index in [2.05, 4.69) is 56.8 Å². The van der Waals surface area contributed by atoms with Crippen molar-refractivity contribution in [2.45, 2.75) is 32.6 Å². The molecular formula is C26H24N6OS. The summed E-state index contributed by atoms with van der Waals surface area (Å²) in [5.74, 6) is 1.21. The number of aromatic amines is 2. The largest absolute Gasteiger partial charge is 0.306 e. The first-order valence-electron chi connectivity index (χ1n) is 11.3. The second-order valence-electron chi connectivity index (χ2n) is 8.11. The Bertz CT molecular complexity index is 1420. The molecule has 170 valence electrons. The Labute approximate surface area is 200 Å². The second-order valence-corrected chi connectivity index (χ2v) is 8.89. The summed E-state index contributed by atoms with van der Waals surface area (Å²) in [7, 11) is 0. The first kappa shape index (κ1) is 21.9. The molecule has 0 saturated carbocycles. The van der Waals surface area contributed by atoms with E-state index in [1.165, 1.54) is 0 Å². The smallest absolute Gasteiger partial charge is 0.254 e. The number of thiophene rings is 1. The van der Waals surface area contributed by atoms with Crippen molar-refractivity contribution in [2.24, 2.45) is 0 Å². The normalized spacial score (nSPS) is 11.1. The summed E-state index contributed by atoms with van der Waals surface area (Å²) in [5, 5.41) is 18.4. The molecule has 0 fully saturated rings. The number of tetrazole rings is 1. The molecular weight excluding hydrogens is 444 g/mol. The van der Waals surface area contributed by atoms with Crippen LogP contribution in [0.5, 0.6) is 0 Å². The van der Waals surface area contributed by atoms with Crippen LogP contribution in [-0.2, 0) is 12.8 Å². The molecule has 0 spiro atoms. The van der Waals surface area contributed by atoms with Gasteiger partial charge in [-0.15, -0.1) is 10.2 Å². The van der Waals surface area contributed by atoms with Crippen LogP contribution in [0.15, 0.2) is 70.2 Å². The van der Waals surface area contributed by atoms with Gasteiger partial charge in [0.1, 0.15) is 5.82 Å². The van der Waals surface area contributed by atoms with Gasteiger partial charge in [0.2, 0.25) is 5.82 Å². The minimum absolute atomic E-state index is 0.0613. The van der Waals surface area contributed by atoms with Crippen molar-refractivity contribution in [1.82, 2.24) is 30.6 Å². The van der Waals surface area contributed by atoms with Gasteiger partial charge in [-0.05, 0) is 46.2 Å². The fraction of sp³-hybridized carbons (Fsp3) is 0.192. The average Bonchev–Trinajstić information content (AvgIpc) is 3.60. The van der Waals surface area contributed by atoms with Crippen LogP contribution in [0.2, 0.25) is 0 Å². The number of hydrogen-bond donors (Lipinski definition) is 2. The van der Waals surface area contributed by atoms with E-state index in [4.69, 9.17) is 4.98 Å². The van der Waals surface area contributed by atoms with Crippen molar-refractivity contribution in [2.75, 3.05) is 0 Å². The molecule has 0 bridgehead atoms. The maximum Gasteiger partial charge on any atom is 0.254 e. The third-order valence-corrected chi connectivity index (χ3v) is 6.51. The number of benzene rings is 2. The van der Waals surface area contributed by atoms with Gasteiger partial charge in [-0.2, -0.15) is 16.6 Å². The molecule has 0 saturated heterocycles. The van der Waals surface area contributed by atoms with Crippen LogP contribution < -0.4 is 5.56 Å². The molecule has 0 aliphatic rings. The zero-order chi connectivity index (χ0) is 23.3. The fourth-order valence-corrected chi connectivity index (χ4v) is 4.67. The van der Waals surface area contributed by atoms with Crippen molar-refractivity contribution in [3.05, 3.63) is 92.5 Å². The van der Waals surface area contributed by atoms with Crippen molar-refractivity contribution in [3.8, 4) is 33.9 Å². The van der Waals surface area contributed by atoms with E-state index in [1.54, 1.807) is 11.3 Å². The number of aryl methyl sites for hydroxylation is 1. The van der Waals surface area contributed by atoms with Crippen molar-refractivity contribution < 1.29 is 0 Å². The molecule has 5 aromatic rings. The Kier molecular flexibility index (Phi) is 6.40. The van der Waals surface area contributed by atoms with Crippen LogP contribution in [0, 0.1) is 0 Å². The fourth-order valence-electron chi connectivity index (χ4n) is 4.03. The van der Waals surface area contributed by atoms with Gasteiger partial charge in [-0.25, -0.2) is 4.98 Å². The van der Waals surface area contributed by atoms with E-state index in [1.807, 2.05) is 41.1 Å². The number of H-pyrrole nitrogens is 2. The SMILES string of the molecule is CCCCc1nc(-c2ccsc2)[nH]c(=O)c1Cc1ccc(-c2ccccc2-c2nn[nH]n2)cc1. The first-order valence-corrected chi connectivity index (χ1v) is 12.2. The number of nitrogens with zero attached hydrogens (tertiary/aromatic N) is 4. The van der Waals surface area contributed by atoms with Crippen LogP contribution in [0.25, 0.3) is 33.9 Å². The maximum absolute atomic E-state index is 13.1. The summed E-state index contributed by atoms with van der Waals surface area (Å²) in [6.45, 7) is 2.15. The van der Waals surface area contributed by atoms with E-state index in [0.29, 0.717) is 18.1 Å². The van der Waals surface area contributed by atoms with Gasteiger partial charge in [0.05, 0.1) is 5.69 Å². The molecule has 5 rings (SSSR count). The summed E-state index contributed by atoms with van der Waals surface area (Å²) < 4.78 is 0. The second kappa shape index (κ2) is 9.93. The number of unbranched alkanes of at least 4 members (excludes halogenated alkanes) is 1. The van der Waals surface area contributed by atoms with Crippen molar-refractivity contribution >= 4 is 11.3 Å². The number of rotatable bonds is 8. The van der Waals surface area contributed by atoms with Crippen LogP contribution >= 0.6 is 11.3 Å². The minimum Gasteiger partial charge on any atom is -0.306 e. The van der Waals surface area contributed by atoms with Gasteiger partial charge in [-0.3, -0.25) is 4.79 Å². The molecule has 8 heteroatoms. The zero-order valence-electron chi connectivity index (χ0n) is 18.8. The Morgan fingerprint density at radius 2 is 1.79 bits per heavy atom. The maximum atomic E-state index is 13.1. The van der Waals surface area contributed by atoms with Crippen molar-refractivity contribution in [3.63, 3.8) is 0 Å². The molecule has 0 amide bonds. The monoisotopic (exact) mass is 468 g/mol. The minimum atomic E-state index is -0.0613. The molecule has 3 aromatic heterocycles. The summed E-state index contributed by atoms with van der Waals surface area (Å²) in [4.78, 5) is 20.9. The lowest BCUT2D eigenvalue weighted by Gasteiger charge is -2.11. The van der Waals surface area contributed by atoms with Gasteiger partial charge in [0.25, 0.3) is 5.56 Å². The quantitative estimate of drug-likeness (QED) is 0.323. The van der Waals surface area contributed by atoms with Crippen LogP contribution in [0.3, 0.4) is 0 Å². The third-order valence-electron chi connectivity index (χ3n) is 5.82. The van der Waals surface area contributed by atoms with E-state index < -0.39 is 0 Å². The van der Waals surface area contributed by atoms with Gasteiger partial charge < -0.3 is 4.98 Å². The lowest BCUT2D eigenvalue weighted by Crippen LogP contribution is -2.19. The summed E-state index contributed by atoms with van der Waals surface area (Å²) in [6, 6.07) is 18.2. The molecule has 0 radical (unpaired) electrons. The van der Waals surface area contributed by atoms with Crippen LogP contribution in [0.1, 0.15) is 36.6 Å². The molecule has 3 heterocycles. The first-order chi connectivity index (χ1) is 16.7. The molecule has 0 atom stereocenters. The Morgan fingerprint density at radius 1 is 0.971 bits per heavy atom. The summed E-state index contributed by atoms with van der Waals surface area (Å²) in [5.41, 5.74) is 6.58. The average molecular weight is 469 g/mol. The lowest BCUT2D eigenvalue weighted by atomic mass is 9.96. The van der Waals surface area contributed by atoms with E-state index in [9.17, 15) is 4.79 Å². The van der Waals surface area contributed by atoms with Crippen LogP contribution in [0.4, 0.5) is 0 Å². The highest BCUT2D eigenvalue weighted by atomic mass is 32.1. The number of aromatic nitrogens is 6. The predicted molar refractivity (Wildman–Crippen MR) is 135 cm³/mol. The zero-order valence-corrected chi connectivity index (χ0v) is 19.6. The Morgan fingerprint density at radius 3 is 2.50 bits per heavy atom. The van der Waals surface area contributed by atoms with E-state index in [0.717, 1.165) is 58.3 Å². The van der Waals surface area contributed by atoms with Crippen LogP contribution in [-0.4, -0.2) is 30.6 Å². The third kappa shape index (κ3) is 4.58. The summed E-state index contributed by atoms with van der Waals surface area (Å²) in [6.07, 6.45) is 3.38. The lowest BCUT2D eigenvalue weighted by molar-refractivity contribution is 0.761. The topological polar surface area (TPSA) is 100 Å². The standard InChI is InChI=1S/C26H24N6OS/c1-2-3-8-23-22(26(33)28-24(27-23)19-13-14-34-16-19)15-17-9-11-18(12-10-17)20-6-4-5-7-21(20)25-29-31-32-30-25/h4-7,9-14,16H,2-3,8,15H2,1H3,(H,27,28,33)(H,29,30,31,32). The molecule has 2 N–H and O–H groups in total. The van der Waals surface area contributed by atoms with Gasteiger partial charge in [0, 0.05) is 28.5 Å². The molecule has 34 heavy (non-hydrogen) atoms. The highest BCUT2D eigenvalue weighted by molar-refractivity contribution is 7.08. The van der Waals surface area contributed by atoms with E-state index in [-0.39, 0.29) is 5.56 Å². The van der Waals surface area contributed by atoms with Crippen molar-refractivity contribution in [1.29, 1.82) is 0 Å². The molecule has 0 aliphatic heterocycles. The van der Waals surface area contributed by atoms with E-state index >= 15 is 0 Å². The predicted octanol–water partition coefficient (Wildman–Crippen LogP) is 5.28. The number of nitrogens with one attached hydrogen (secondary N) is 2. The highest BCUT2D eigenvalue weighted by Gasteiger charge is 2.15.